The highest BCUT2D eigenvalue weighted by Gasteiger charge is 2.44. The minimum atomic E-state index is -0.306. The van der Waals surface area contributed by atoms with Gasteiger partial charge in [0.05, 0.1) is 19.3 Å². The number of carbonyl (C=O) groups is 1. The molecule has 6 nitrogen and oxygen atoms in total. The molecule has 1 heterocycles. The van der Waals surface area contributed by atoms with Gasteiger partial charge in [0.25, 0.3) is 0 Å². The molecule has 2 atom stereocenters. The molecule has 2 unspecified atom stereocenters. The molecule has 1 aromatic carbocycles. The number of nitrogens with one attached hydrogen (secondary N) is 1. The lowest BCUT2D eigenvalue weighted by molar-refractivity contribution is 0.237. The molecular formula is C15H16N4O2S. The molecule has 0 radical (unpaired) electrons. The number of rotatable bonds is 4. The Morgan fingerprint density at radius 2 is 2.32 bits per heavy atom. The molecule has 2 aromatic rings. The van der Waals surface area contributed by atoms with E-state index in [2.05, 4.69) is 28.1 Å². The van der Waals surface area contributed by atoms with Crippen molar-refractivity contribution in [3.8, 4) is 5.75 Å². The SMILES string of the molecule is COc1cccc(C2CC2N(S)C(=O)Nc2cnccn2)c1. The molecule has 0 spiro atoms. The van der Waals surface area contributed by atoms with Crippen LogP contribution in [0.1, 0.15) is 17.9 Å². The molecule has 1 aromatic heterocycles. The number of aromatic nitrogens is 2. The van der Waals surface area contributed by atoms with Crippen molar-refractivity contribution in [2.24, 2.45) is 0 Å². The van der Waals surface area contributed by atoms with E-state index in [-0.39, 0.29) is 18.0 Å². The van der Waals surface area contributed by atoms with Gasteiger partial charge in [-0.3, -0.25) is 14.6 Å². The number of methoxy groups -OCH3 is 1. The largest absolute Gasteiger partial charge is 0.497 e. The van der Waals surface area contributed by atoms with Crippen molar-refractivity contribution in [2.75, 3.05) is 12.4 Å². The summed E-state index contributed by atoms with van der Waals surface area (Å²) in [6, 6.07) is 7.64. The number of carbonyl (C=O) groups excluding carboxylic acids is 1. The summed E-state index contributed by atoms with van der Waals surface area (Å²) in [7, 11) is 1.64. The van der Waals surface area contributed by atoms with Gasteiger partial charge in [0, 0.05) is 18.3 Å². The van der Waals surface area contributed by atoms with Gasteiger partial charge >= 0.3 is 6.03 Å². The van der Waals surface area contributed by atoms with Crippen LogP contribution in [0.3, 0.4) is 0 Å². The quantitative estimate of drug-likeness (QED) is 0.851. The van der Waals surface area contributed by atoms with Crippen LogP contribution in [-0.2, 0) is 0 Å². The van der Waals surface area contributed by atoms with Crippen molar-refractivity contribution >= 4 is 24.7 Å². The minimum absolute atomic E-state index is 0.0621. The first-order valence-electron chi connectivity index (χ1n) is 6.88. The van der Waals surface area contributed by atoms with Crippen molar-refractivity contribution < 1.29 is 9.53 Å². The van der Waals surface area contributed by atoms with Crippen molar-refractivity contribution in [2.45, 2.75) is 18.4 Å². The number of ether oxygens (including phenoxy) is 1. The third kappa shape index (κ3) is 3.14. The molecule has 114 valence electrons. The van der Waals surface area contributed by atoms with Gasteiger partial charge in [-0.15, -0.1) is 0 Å². The van der Waals surface area contributed by atoms with Crippen LogP contribution in [0.5, 0.6) is 5.75 Å². The Morgan fingerprint density at radius 1 is 1.45 bits per heavy atom. The van der Waals surface area contributed by atoms with Gasteiger partial charge in [-0.05, 0) is 24.1 Å². The van der Waals surface area contributed by atoms with Gasteiger partial charge in [-0.2, -0.15) is 0 Å². The van der Waals surface area contributed by atoms with Gasteiger partial charge in [0.2, 0.25) is 0 Å². The van der Waals surface area contributed by atoms with E-state index in [0.717, 1.165) is 17.7 Å². The topological polar surface area (TPSA) is 67.3 Å². The molecule has 1 fully saturated rings. The van der Waals surface area contributed by atoms with E-state index in [1.54, 1.807) is 13.3 Å². The van der Waals surface area contributed by atoms with Gasteiger partial charge < -0.3 is 4.74 Å². The van der Waals surface area contributed by atoms with Crippen LogP contribution in [0.15, 0.2) is 42.9 Å². The highest BCUT2D eigenvalue weighted by molar-refractivity contribution is 7.78. The van der Waals surface area contributed by atoms with Crippen LogP contribution in [0.2, 0.25) is 0 Å². The predicted molar refractivity (Wildman–Crippen MR) is 86.0 cm³/mol. The second kappa shape index (κ2) is 6.23. The molecule has 2 amide bonds. The smallest absolute Gasteiger partial charge is 0.333 e. The first kappa shape index (κ1) is 14.6. The molecule has 0 bridgehead atoms. The Kier molecular flexibility index (Phi) is 4.15. The maximum absolute atomic E-state index is 12.1. The number of hydrogen-bond donors (Lipinski definition) is 2. The summed E-state index contributed by atoms with van der Waals surface area (Å²) in [5.41, 5.74) is 1.15. The van der Waals surface area contributed by atoms with E-state index in [9.17, 15) is 4.79 Å². The van der Waals surface area contributed by atoms with Crippen LogP contribution in [0.25, 0.3) is 0 Å². The number of benzene rings is 1. The highest BCUT2D eigenvalue weighted by Crippen LogP contribution is 2.46. The Morgan fingerprint density at radius 3 is 3.05 bits per heavy atom. The lowest BCUT2D eigenvalue weighted by atomic mass is 10.1. The second-order valence-electron chi connectivity index (χ2n) is 5.05. The van der Waals surface area contributed by atoms with Crippen LogP contribution >= 0.6 is 12.8 Å². The summed E-state index contributed by atoms with van der Waals surface area (Å²) in [5.74, 6) is 1.50. The number of nitrogens with zero attached hydrogens (tertiary/aromatic N) is 3. The fourth-order valence-corrected chi connectivity index (χ4v) is 2.67. The average molecular weight is 316 g/mol. The normalized spacial score (nSPS) is 19.4. The Hall–Kier alpha value is -2.28. The Balaban J connectivity index is 1.62. The van der Waals surface area contributed by atoms with Gasteiger partial charge in [-0.25, -0.2) is 9.78 Å². The van der Waals surface area contributed by atoms with Gasteiger partial charge in [0.15, 0.2) is 5.82 Å². The monoisotopic (exact) mass is 316 g/mol. The zero-order valence-electron chi connectivity index (χ0n) is 12.0. The molecular weight excluding hydrogens is 300 g/mol. The lowest BCUT2D eigenvalue weighted by Crippen LogP contribution is -2.30. The van der Waals surface area contributed by atoms with Crippen LogP contribution in [0.4, 0.5) is 10.6 Å². The molecule has 1 saturated carbocycles. The fourth-order valence-electron chi connectivity index (χ4n) is 2.36. The van der Waals surface area contributed by atoms with E-state index in [4.69, 9.17) is 4.74 Å². The standard InChI is InChI=1S/C15H16N4O2S/c1-21-11-4-2-3-10(7-11)12-8-13(12)19(22)15(20)18-14-9-16-5-6-17-14/h2-7,9,12-13,22H,8H2,1H3,(H,17,18,20). The van der Waals surface area contributed by atoms with Crippen molar-refractivity contribution in [1.82, 2.24) is 14.3 Å². The fraction of sp³-hybridized carbons (Fsp3) is 0.267. The third-order valence-electron chi connectivity index (χ3n) is 3.60. The summed E-state index contributed by atoms with van der Waals surface area (Å²) in [5, 5.41) is 2.67. The summed E-state index contributed by atoms with van der Waals surface area (Å²) in [4.78, 5) is 20.1. The zero-order chi connectivity index (χ0) is 15.5. The Labute approximate surface area is 134 Å². The minimum Gasteiger partial charge on any atom is -0.497 e. The molecule has 7 heteroatoms. The lowest BCUT2D eigenvalue weighted by Gasteiger charge is -2.16. The summed E-state index contributed by atoms with van der Waals surface area (Å²) >= 11 is 4.31. The molecule has 22 heavy (non-hydrogen) atoms. The first-order valence-corrected chi connectivity index (χ1v) is 7.28. The molecule has 0 saturated heterocycles. The van der Waals surface area contributed by atoms with Crippen molar-refractivity contribution in [1.29, 1.82) is 0 Å². The van der Waals surface area contributed by atoms with Crippen molar-refractivity contribution in [3.05, 3.63) is 48.4 Å². The van der Waals surface area contributed by atoms with Crippen molar-refractivity contribution in [3.63, 3.8) is 0 Å². The number of hydrogen-bond acceptors (Lipinski definition) is 5. The molecule has 1 aliphatic rings. The molecule has 0 aliphatic heterocycles. The van der Waals surface area contributed by atoms with E-state index < -0.39 is 0 Å². The van der Waals surface area contributed by atoms with Crippen LogP contribution < -0.4 is 10.1 Å². The summed E-state index contributed by atoms with van der Waals surface area (Å²) in [6.45, 7) is 0. The summed E-state index contributed by atoms with van der Waals surface area (Å²) < 4.78 is 6.64. The van der Waals surface area contributed by atoms with E-state index in [0.29, 0.717) is 5.82 Å². The van der Waals surface area contributed by atoms with E-state index in [1.807, 2.05) is 24.3 Å². The predicted octanol–water partition coefficient (Wildman–Crippen LogP) is 2.72. The van der Waals surface area contributed by atoms with Crippen LogP contribution in [-0.4, -0.2) is 33.5 Å². The first-order chi connectivity index (χ1) is 10.7. The maximum Gasteiger partial charge on any atom is 0.333 e. The second-order valence-corrected chi connectivity index (χ2v) is 5.48. The molecule has 1 N–H and O–H groups in total. The number of amides is 2. The average Bonchev–Trinajstić information content (AvgIpc) is 3.35. The molecule has 1 aliphatic carbocycles. The molecule has 3 rings (SSSR count). The summed E-state index contributed by atoms with van der Waals surface area (Å²) in [6.07, 6.45) is 5.44. The number of anilines is 1. The van der Waals surface area contributed by atoms with Gasteiger partial charge in [-0.1, -0.05) is 24.9 Å². The zero-order valence-corrected chi connectivity index (χ0v) is 12.9. The third-order valence-corrected chi connectivity index (χ3v) is 4.08. The number of thiol groups is 1. The highest BCUT2D eigenvalue weighted by atomic mass is 32.1. The maximum atomic E-state index is 12.1. The number of urea groups is 1. The van der Waals surface area contributed by atoms with E-state index >= 15 is 0 Å². The van der Waals surface area contributed by atoms with Gasteiger partial charge in [0.1, 0.15) is 5.75 Å². The van der Waals surface area contributed by atoms with E-state index in [1.165, 1.54) is 16.7 Å². The Bertz CT molecular complexity index is 668. The van der Waals surface area contributed by atoms with Crippen LogP contribution in [0, 0.1) is 0 Å².